The van der Waals surface area contributed by atoms with E-state index in [1.165, 1.54) is 35.1 Å². The summed E-state index contributed by atoms with van der Waals surface area (Å²) in [7, 11) is -1.89. The van der Waals surface area contributed by atoms with E-state index in [2.05, 4.69) is 90.0 Å². The number of fused-ring (bicyclic) bond motifs is 1. The van der Waals surface area contributed by atoms with E-state index in [1.54, 1.807) is 0 Å². The molecule has 0 amide bonds. The lowest BCUT2D eigenvalue weighted by Crippen LogP contribution is -2.47. The highest BCUT2D eigenvalue weighted by Crippen LogP contribution is 2.47. The summed E-state index contributed by atoms with van der Waals surface area (Å²) >= 11 is 0. The van der Waals surface area contributed by atoms with Gasteiger partial charge in [0.15, 0.2) is 0 Å². The highest BCUT2D eigenvalue weighted by atomic mass is 28.4. The van der Waals surface area contributed by atoms with Crippen molar-refractivity contribution in [3.05, 3.63) is 47.9 Å². The number of benzene rings is 1. The highest BCUT2D eigenvalue weighted by Gasteiger charge is 2.47. The summed E-state index contributed by atoms with van der Waals surface area (Å²) in [5.74, 6) is 2.41. The maximum absolute atomic E-state index is 7.09. The number of hydrogen-bond donors (Lipinski definition) is 1. The average molecular weight is 398 g/mol. The third-order valence-electron chi connectivity index (χ3n) is 7.15. The Labute approximate surface area is 172 Å². The highest BCUT2D eigenvalue weighted by molar-refractivity contribution is 6.77. The predicted octanol–water partition coefficient (Wildman–Crippen LogP) is 8.15. The summed E-state index contributed by atoms with van der Waals surface area (Å²) in [6, 6.07) is 8.70. The zero-order valence-electron chi connectivity index (χ0n) is 18.9. The second-order valence-corrected chi connectivity index (χ2v) is 15.0. The number of aromatic nitrogens is 1. The zero-order chi connectivity index (χ0) is 20.5. The van der Waals surface area contributed by atoms with Crippen LogP contribution in [-0.4, -0.2) is 13.3 Å². The van der Waals surface area contributed by atoms with Gasteiger partial charge in [0.05, 0.1) is 5.76 Å². The third-order valence-corrected chi connectivity index (χ3v) is 13.2. The van der Waals surface area contributed by atoms with Gasteiger partial charge in [-0.1, -0.05) is 73.1 Å². The standard InChI is InChI=1S/C25H39NOSi/c1-8-20-13-14-21(27-28(17(2)3,18(4)5)19(6)7)15-23(20)24-16-26-25-12-10-9-11-22(24)25/h9-12,15-20,23,26H,8,13-14H2,1-7H3/t20?,23-/m0/s1. The first-order valence-corrected chi connectivity index (χ1v) is 13.4. The van der Waals surface area contributed by atoms with Crippen LogP contribution in [0.5, 0.6) is 0 Å². The molecule has 0 radical (unpaired) electrons. The van der Waals surface area contributed by atoms with Crippen molar-refractivity contribution in [2.45, 2.75) is 90.3 Å². The fourth-order valence-electron chi connectivity index (χ4n) is 5.76. The fraction of sp³-hybridized carbons (Fsp3) is 0.600. The predicted molar refractivity (Wildman–Crippen MR) is 124 cm³/mol. The molecule has 3 heteroatoms. The van der Waals surface area contributed by atoms with Crippen molar-refractivity contribution in [3.8, 4) is 0 Å². The molecule has 1 unspecified atom stereocenters. The minimum Gasteiger partial charge on any atom is -0.546 e. The molecule has 2 nitrogen and oxygen atoms in total. The molecule has 0 aliphatic heterocycles. The lowest BCUT2D eigenvalue weighted by molar-refractivity contribution is 0.302. The van der Waals surface area contributed by atoms with Crippen LogP contribution in [0, 0.1) is 5.92 Å². The van der Waals surface area contributed by atoms with E-state index in [9.17, 15) is 0 Å². The van der Waals surface area contributed by atoms with Crippen molar-refractivity contribution >= 4 is 19.2 Å². The Morgan fingerprint density at radius 1 is 1.04 bits per heavy atom. The summed E-state index contributed by atoms with van der Waals surface area (Å²) in [5, 5.41) is 1.36. The number of rotatable bonds is 7. The van der Waals surface area contributed by atoms with Gasteiger partial charge in [0.1, 0.15) is 0 Å². The topological polar surface area (TPSA) is 25.0 Å². The molecule has 1 aromatic heterocycles. The number of para-hydroxylation sites is 1. The number of allylic oxidation sites excluding steroid dienone is 2. The summed E-state index contributed by atoms with van der Waals surface area (Å²) in [5.41, 5.74) is 4.52. The van der Waals surface area contributed by atoms with Crippen LogP contribution >= 0.6 is 0 Å². The zero-order valence-corrected chi connectivity index (χ0v) is 19.9. The normalized spacial score (nSPS) is 21.0. The summed E-state index contributed by atoms with van der Waals surface area (Å²) in [6.07, 6.45) is 8.26. The first kappa shape index (κ1) is 21.2. The minimum absolute atomic E-state index is 0.447. The summed E-state index contributed by atoms with van der Waals surface area (Å²) in [6.45, 7) is 16.6. The maximum atomic E-state index is 7.09. The Balaban J connectivity index is 2.00. The first-order valence-electron chi connectivity index (χ1n) is 11.3. The van der Waals surface area contributed by atoms with Gasteiger partial charge in [0.25, 0.3) is 8.32 Å². The monoisotopic (exact) mass is 397 g/mol. The Bertz CT molecular complexity index is 795. The molecule has 1 heterocycles. The molecule has 154 valence electrons. The number of hydrogen-bond acceptors (Lipinski definition) is 1. The minimum atomic E-state index is -1.89. The molecule has 0 fully saturated rings. The number of nitrogens with one attached hydrogen (secondary N) is 1. The van der Waals surface area contributed by atoms with E-state index in [4.69, 9.17) is 4.43 Å². The van der Waals surface area contributed by atoms with Crippen LogP contribution < -0.4 is 0 Å². The van der Waals surface area contributed by atoms with E-state index in [0.717, 1.165) is 6.42 Å². The summed E-state index contributed by atoms with van der Waals surface area (Å²) < 4.78 is 7.09. The molecule has 0 bridgehead atoms. The van der Waals surface area contributed by atoms with E-state index in [-0.39, 0.29) is 0 Å². The molecule has 0 saturated heterocycles. The maximum Gasteiger partial charge on any atom is 0.258 e. The third kappa shape index (κ3) is 3.70. The van der Waals surface area contributed by atoms with Crippen molar-refractivity contribution < 1.29 is 4.43 Å². The fourth-order valence-corrected chi connectivity index (χ4v) is 11.1. The van der Waals surface area contributed by atoms with Gasteiger partial charge in [-0.15, -0.1) is 0 Å². The Morgan fingerprint density at radius 3 is 2.29 bits per heavy atom. The van der Waals surface area contributed by atoms with Gasteiger partial charge in [0, 0.05) is 29.4 Å². The number of H-pyrrole nitrogens is 1. The molecule has 2 atom stereocenters. The molecule has 1 aliphatic carbocycles. The molecule has 1 aliphatic rings. The lowest BCUT2D eigenvalue weighted by atomic mass is 9.77. The van der Waals surface area contributed by atoms with Gasteiger partial charge >= 0.3 is 0 Å². The number of aromatic amines is 1. The molecule has 1 N–H and O–H groups in total. The lowest BCUT2D eigenvalue weighted by Gasteiger charge is -2.44. The molecule has 0 saturated carbocycles. The average Bonchev–Trinajstić information content (AvgIpc) is 3.09. The van der Waals surface area contributed by atoms with E-state index in [1.807, 2.05) is 0 Å². The van der Waals surface area contributed by atoms with Crippen molar-refractivity contribution in [3.63, 3.8) is 0 Å². The van der Waals surface area contributed by atoms with Crippen LogP contribution in [0.1, 0.15) is 79.2 Å². The molecule has 1 aromatic carbocycles. The largest absolute Gasteiger partial charge is 0.546 e. The van der Waals surface area contributed by atoms with Crippen molar-refractivity contribution in [1.82, 2.24) is 4.98 Å². The van der Waals surface area contributed by atoms with Crippen molar-refractivity contribution in [2.24, 2.45) is 5.92 Å². The molecule has 3 rings (SSSR count). The van der Waals surface area contributed by atoms with Crippen LogP contribution in [0.3, 0.4) is 0 Å². The summed E-state index contributed by atoms with van der Waals surface area (Å²) in [4.78, 5) is 3.49. The van der Waals surface area contributed by atoms with Crippen LogP contribution in [0.4, 0.5) is 0 Å². The second-order valence-electron chi connectivity index (χ2n) is 9.58. The van der Waals surface area contributed by atoms with Gasteiger partial charge in [-0.25, -0.2) is 0 Å². The molecular formula is C25H39NOSi. The molecule has 28 heavy (non-hydrogen) atoms. The van der Waals surface area contributed by atoms with E-state index in [0.29, 0.717) is 28.5 Å². The van der Waals surface area contributed by atoms with Gasteiger partial charge in [-0.2, -0.15) is 0 Å². The van der Waals surface area contributed by atoms with Crippen LogP contribution in [0.15, 0.2) is 42.3 Å². The van der Waals surface area contributed by atoms with Crippen LogP contribution in [0.25, 0.3) is 10.9 Å². The Hall–Kier alpha value is -1.48. The molecule has 0 spiro atoms. The first-order chi connectivity index (χ1) is 13.3. The van der Waals surface area contributed by atoms with E-state index < -0.39 is 8.32 Å². The van der Waals surface area contributed by atoms with Crippen molar-refractivity contribution in [2.75, 3.05) is 0 Å². The van der Waals surface area contributed by atoms with Gasteiger partial charge in [-0.05, 0) is 46.7 Å². The van der Waals surface area contributed by atoms with Gasteiger partial charge in [-0.3, -0.25) is 0 Å². The van der Waals surface area contributed by atoms with E-state index >= 15 is 0 Å². The smallest absolute Gasteiger partial charge is 0.258 e. The van der Waals surface area contributed by atoms with Gasteiger partial charge < -0.3 is 9.41 Å². The Morgan fingerprint density at radius 2 is 1.68 bits per heavy atom. The Kier molecular flexibility index (Phi) is 6.43. The quantitative estimate of drug-likeness (QED) is 0.468. The van der Waals surface area contributed by atoms with Crippen LogP contribution in [-0.2, 0) is 4.43 Å². The van der Waals surface area contributed by atoms with Crippen LogP contribution in [0.2, 0.25) is 16.6 Å². The molecular weight excluding hydrogens is 358 g/mol. The second kappa shape index (κ2) is 8.48. The van der Waals surface area contributed by atoms with Crippen molar-refractivity contribution in [1.29, 1.82) is 0 Å². The van der Waals surface area contributed by atoms with Gasteiger partial charge in [0.2, 0.25) is 0 Å². The molecule has 2 aromatic rings. The SMILES string of the molecule is CCC1CCC(O[Si](C(C)C)(C(C)C)C(C)C)=C[C@@H]1c1c[nH]c2ccccc12.